The van der Waals surface area contributed by atoms with Crippen LogP contribution >= 0.6 is 0 Å². The molecule has 2 aliphatic rings. The largest absolute Gasteiger partial charge is 0.466 e. The van der Waals surface area contributed by atoms with Gasteiger partial charge in [-0.2, -0.15) is 0 Å². The van der Waals surface area contributed by atoms with Crippen molar-refractivity contribution in [3.63, 3.8) is 0 Å². The normalized spacial score (nSPS) is 25.7. The van der Waals surface area contributed by atoms with E-state index in [2.05, 4.69) is 5.32 Å². The number of rotatable bonds is 4. The lowest BCUT2D eigenvalue weighted by Crippen LogP contribution is -2.55. The smallest absolute Gasteiger partial charge is 0.410 e. The quantitative estimate of drug-likeness (QED) is 0.803. The number of amides is 1. The van der Waals surface area contributed by atoms with E-state index in [1.54, 1.807) is 11.8 Å². The van der Waals surface area contributed by atoms with Crippen LogP contribution in [0.5, 0.6) is 0 Å². The zero-order chi connectivity index (χ0) is 16.3. The van der Waals surface area contributed by atoms with Gasteiger partial charge in [0, 0.05) is 25.2 Å². The molecule has 22 heavy (non-hydrogen) atoms. The van der Waals surface area contributed by atoms with Crippen molar-refractivity contribution >= 4 is 12.1 Å². The fraction of sp³-hybridized carbons (Fsp3) is 0.875. The lowest BCUT2D eigenvalue weighted by molar-refractivity contribution is -0.150. The number of hydrogen-bond donors (Lipinski definition) is 1. The van der Waals surface area contributed by atoms with Gasteiger partial charge in [-0.05, 0) is 47.0 Å². The van der Waals surface area contributed by atoms with Gasteiger partial charge in [-0.15, -0.1) is 0 Å². The Bertz CT molecular complexity index is 415. The first kappa shape index (κ1) is 17.1. The Labute approximate surface area is 132 Å². The van der Waals surface area contributed by atoms with Gasteiger partial charge in [0.25, 0.3) is 0 Å². The molecule has 6 heteroatoms. The molecule has 0 bridgehead atoms. The summed E-state index contributed by atoms with van der Waals surface area (Å²) in [7, 11) is 0. The zero-order valence-electron chi connectivity index (χ0n) is 14.1. The maximum Gasteiger partial charge on any atom is 0.410 e. The molecule has 1 saturated heterocycles. The number of likely N-dealkylation sites (tertiary alicyclic amines) is 1. The Morgan fingerprint density at radius 3 is 2.45 bits per heavy atom. The Morgan fingerprint density at radius 2 is 1.91 bits per heavy atom. The Kier molecular flexibility index (Phi) is 5.32. The molecule has 2 fully saturated rings. The van der Waals surface area contributed by atoms with Crippen LogP contribution in [0, 0.1) is 5.92 Å². The molecule has 1 saturated carbocycles. The third kappa shape index (κ3) is 4.87. The molecule has 0 spiro atoms. The van der Waals surface area contributed by atoms with Crippen LogP contribution in [0.1, 0.15) is 47.0 Å². The van der Waals surface area contributed by atoms with Gasteiger partial charge in [0.1, 0.15) is 5.60 Å². The number of esters is 1. The summed E-state index contributed by atoms with van der Waals surface area (Å²) in [5.41, 5.74) is -0.528. The minimum atomic E-state index is -0.528. The summed E-state index contributed by atoms with van der Waals surface area (Å²) in [6, 6.07) is 0.611. The van der Waals surface area contributed by atoms with E-state index in [-0.39, 0.29) is 24.0 Å². The highest BCUT2D eigenvalue weighted by molar-refractivity contribution is 5.75. The lowest BCUT2D eigenvalue weighted by Gasteiger charge is -2.38. The van der Waals surface area contributed by atoms with Crippen LogP contribution in [0.4, 0.5) is 4.79 Å². The molecule has 126 valence electrons. The van der Waals surface area contributed by atoms with E-state index in [4.69, 9.17) is 9.47 Å². The second-order valence-electron chi connectivity index (χ2n) is 7.12. The average Bonchev–Trinajstić information content (AvgIpc) is 3.21. The van der Waals surface area contributed by atoms with Gasteiger partial charge >= 0.3 is 12.1 Å². The van der Waals surface area contributed by atoms with Gasteiger partial charge in [-0.1, -0.05) is 0 Å². The molecular formula is C16H28N2O4. The van der Waals surface area contributed by atoms with Gasteiger partial charge in [-0.3, -0.25) is 4.79 Å². The molecule has 1 aliphatic carbocycles. The van der Waals surface area contributed by atoms with Crippen molar-refractivity contribution in [2.45, 2.75) is 64.6 Å². The predicted octanol–water partition coefficient (Wildman–Crippen LogP) is 1.93. The van der Waals surface area contributed by atoms with Gasteiger partial charge in [0.2, 0.25) is 0 Å². The van der Waals surface area contributed by atoms with Crippen LogP contribution in [0.3, 0.4) is 0 Å². The van der Waals surface area contributed by atoms with Crippen LogP contribution in [0.25, 0.3) is 0 Å². The molecule has 1 aliphatic heterocycles. The first-order valence-electron chi connectivity index (χ1n) is 8.20. The van der Waals surface area contributed by atoms with Crippen molar-refractivity contribution in [3.8, 4) is 0 Å². The summed E-state index contributed by atoms with van der Waals surface area (Å²) in [5, 5.41) is 3.51. The van der Waals surface area contributed by atoms with E-state index >= 15 is 0 Å². The molecule has 6 nitrogen and oxygen atoms in total. The minimum absolute atomic E-state index is 0.0882. The second-order valence-corrected chi connectivity index (χ2v) is 7.12. The molecule has 0 radical (unpaired) electrons. The Morgan fingerprint density at radius 1 is 1.23 bits per heavy atom. The maximum absolute atomic E-state index is 12.2. The molecule has 2 atom stereocenters. The van der Waals surface area contributed by atoms with Crippen molar-refractivity contribution in [1.29, 1.82) is 0 Å². The van der Waals surface area contributed by atoms with Crippen LogP contribution in [0.2, 0.25) is 0 Å². The topological polar surface area (TPSA) is 67.9 Å². The third-order valence-corrected chi connectivity index (χ3v) is 3.88. The van der Waals surface area contributed by atoms with Gasteiger partial charge < -0.3 is 19.7 Å². The van der Waals surface area contributed by atoms with Gasteiger partial charge in [0.05, 0.1) is 12.5 Å². The summed E-state index contributed by atoms with van der Waals surface area (Å²) in [6.45, 7) is 8.65. The van der Waals surface area contributed by atoms with E-state index in [1.165, 1.54) is 12.8 Å². The summed E-state index contributed by atoms with van der Waals surface area (Å²) < 4.78 is 10.6. The second kappa shape index (κ2) is 6.86. The number of ether oxygens (including phenoxy) is 2. The third-order valence-electron chi connectivity index (χ3n) is 3.88. The van der Waals surface area contributed by atoms with E-state index < -0.39 is 5.60 Å². The van der Waals surface area contributed by atoms with Crippen molar-refractivity contribution in [2.75, 3.05) is 19.7 Å². The van der Waals surface area contributed by atoms with E-state index in [0.717, 1.165) is 6.42 Å². The highest BCUT2D eigenvalue weighted by Gasteiger charge is 2.40. The van der Waals surface area contributed by atoms with Crippen molar-refractivity contribution in [2.24, 2.45) is 5.92 Å². The van der Waals surface area contributed by atoms with E-state index in [0.29, 0.717) is 25.7 Å². The molecule has 0 aromatic rings. The number of carbonyl (C=O) groups is 2. The first-order chi connectivity index (χ1) is 10.3. The fourth-order valence-electron chi connectivity index (χ4n) is 2.68. The number of nitrogens with one attached hydrogen (secondary N) is 1. The van der Waals surface area contributed by atoms with Crippen LogP contribution in [0.15, 0.2) is 0 Å². The summed E-state index contributed by atoms with van der Waals surface area (Å²) in [5.74, 6) is -0.546. The van der Waals surface area contributed by atoms with Crippen molar-refractivity contribution in [3.05, 3.63) is 0 Å². The molecular weight excluding hydrogens is 284 g/mol. The molecule has 0 aromatic carbocycles. The number of carbonyl (C=O) groups excluding carboxylic acids is 2. The first-order valence-corrected chi connectivity index (χ1v) is 8.20. The summed E-state index contributed by atoms with van der Waals surface area (Å²) in [4.78, 5) is 26.1. The van der Waals surface area contributed by atoms with Gasteiger partial charge in [0.15, 0.2) is 0 Å². The Balaban J connectivity index is 1.99. The van der Waals surface area contributed by atoms with Crippen LogP contribution < -0.4 is 5.32 Å². The molecule has 2 unspecified atom stereocenters. The molecule has 1 amide bonds. The molecule has 2 rings (SSSR count). The van der Waals surface area contributed by atoms with Crippen LogP contribution in [-0.4, -0.2) is 54.3 Å². The van der Waals surface area contributed by atoms with Crippen LogP contribution in [-0.2, 0) is 14.3 Å². The van der Waals surface area contributed by atoms with E-state index in [1.807, 2.05) is 20.8 Å². The number of piperidine rings is 1. The number of nitrogens with zero attached hydrogens (tertiary/aromatic N) is 1. The Hall–Kier alpha value is -1.30. The minimum Gasteiger partial charge on any atom is -0.466 e. The highest BCUT2D eigenvalue weighted by Crippen LogP contribution is 2.26. The maximum atomic E-state index is 12.2. The van der Waals surface area contributed by atoms with E-state index in [9.17, 15) is 9.59 Å². The molecule has 1 heterocycles. The monoisotopic (exact) mass is 312 g/mol. The molecule has 1 N–H and O–H groups in total. The standard InChI is InChI=1S/C16H28N2O4/c1-5-21-14(19)12-10-18(15(20)22-16(2,3)4)9-8-13(12)17-11-6-7-11/h11-13,17H,5-10H2,1-4H3. The highest BCUT2D eigenvalue weighted by atomic mass is 16.6. The van der Waals surface area contributed by atoms with Crippen molar-refractivity contribution < 1.29 is 19.1 Å². The SMILES string of the molecule is CCOC(=O)C1CN(C(=O)OC(C)(C)C)CCC1NC1CC1. The number of hydrogen-bond acceptors (Lipinski definition) is 5. The van der Waals surface area contributed by atoms with Crippen molar-refractivity contribution in [1.82, 2.24) is 10.2 Å². The summed E-state index contributed by atoms with van der Waals surface area (Å²) in [6.07, 6.45) is 2.73. The fourth-order valence-corrected chi connectivity index (χ4v) is 2.68. The predicted molar refractivity (Wildman–Crippen MR) is 82.5 cm³/mol. The summed E-state index contributed by atoms with van der Waals surface area (Å²) >= 11 is 0. The average molecular weight is 312 g/mol. The lowest BCUT2D eigenvalue weighted by atomic mass is 9.92. The van der Waals surface area contributed by atoms with Gasteiger partial charge in [-0.25, -0.2) is 4.79 Å². The zero-order valence-corrected chi connectivity index (χ0v) is 14.1. The molecule has 0 aromatic heterocycles.